The number of rotatable bonds is 7. The van der Waals surface area contributed by atoms with Crippen molar-refractivity contribution < 1.29 is 14.4 Å². The first kappa shape index (κ1) is 18.9. The molecule has 7 nitrogen and oxygen atoms in total. The standard InChI is InChI=1S/C19H20N4O3/c1-4-9-22(10-5-2)16(24)13-23-17(25)19(3,21-18(23)26)15-8-6-7-14(11-15)12-20/h4-8,11H,1-2,9-10,13H2,3H3,(H,21,26)/t19-/m0/s1. The molecule has 1 aromatic carbocycles. The highest BCUT2D eigenvalue weighted by atomic mass is 16.2. The highest BCUT2D eigenvalue weighted by Gasteiger charge is 2.49. The maximum absolute atomic E-state index is 12.9. The van der Waals surface area contributed by atoms with Crippen LogP contribution in [-0.2, 0) is 15.1 Å². The van der Waals surface area contributed by atoms with Gasteiger partial charge in [0, 0.05) is 13.1 Å². The van der Waals surface area contributed by atoms with Gasteiger partial charge >= 0.3 is 6.03 Å². The first-order chi connectivity index (χ1) is 12.4. The van der Waals surface area contributed by atoms with Crippen molar-refractivity contribution in [2.24, 2.45) is 0 Å². The van der Waals surface area contributed by atoms with E-state index in [0.717, 1.165) is 4.90 Å². The van der Waals surface area contributed by atoms with Crippen LogP contribution in [0, 0.1) is 11.3 Å². The molecule has 1 saturated heterocycles. The van der Waals surface area contributed by atoms with Crippen LogP contribution < -0.4 is 5.32 Å². The van der Waals surface area contributed by atoms with Gasteiger partial charge in [0.1, 0.15) is 12.1 Å². The number of benzene rings is 1. The predicted molar refractivity (Wildman–Crippen MR) is 95.7 cm³/mol. The Morgan fingerprint density at radius 2 is 2.00 bits per heavy atom. The molecule has 26 heavy (non-hydrogen) atoms. The summed E-state index contributed by atoms with van der Waals surface area (Å²) in [6.07, 6.45) is 3.12. The van der Waals surface area contributed by atoms with Crippen molar-refractivity contribution in [1.29, 1.82) is 5.26 Å². The number of hydrogen-bond donors (Lipinski definition) is 1. The third kappa shape index (κ3) is 3.49. The predicted octanol–water partition coefficient (Wildman–Crippen LogP) is 1.53. The highest BCUT2D eigenvalue weighted by Crippen LogP contribution is 2.29. The maximum atomic E-state index is 12.9. The van der Waals surface area contributed by atoms with Crippen LogP contribution in [0.2, 0.25) is 0 Å². The van der Waals surface area contributed by atoms with Crippen molar-refractivity contribution >= 4 is 17.8 Å². The first-order valence-corrected chi connectivity index (χ1v) is 8.01. The van der Waals surface area contributed by atoms with E-state index >= 15 is 0 Å². The number of nitriles is 1. The topological polar surface area (TPSA) is 93.5 Å². The Balaban J connectivity index is 2.25. The molecular weight excluding hydrogens is 332 g/mol. The Kier molecular flexibility index (Phi) is 5.58. The summed E-state index contributed by atoms with van der Waals surface area (Å²) in [5, 5.41) is 11.7. The van der Waals surface area contributed by atoms with Crippen LogP contribution >= 0.6 is 0 Å². The third-order valence-corrected chi connectivity index (χ3v) is 4.19. The maximum Gasteiger partial charge on any atom is 0.325 e. The van der Waals surface area contributed by atoms with Crippen molar-refractivity contribution in [3.8, 4) is 6.07 Å². The van der Waals surface area contributed by atoms with E-state index in [0.29, 0.717) is 11.1 Å². The highest BCUT2D eigenvalue weighted by molar-refractivity contribution is 6.09. The second-order valence-corrected chi connectivity index (χ2v) is 6.02. The average Bonchev–Trinajstić information content (AvgIpc) is 2.85. The van der Waals surface area contributed by atoms with Gasteiger partial charge in [0.05, 0.1) is 11.6 Å². The van der Waals surface area contributed by atoms with Gasteiger partial charge in [-0.1, -0.05) is 24.3 Å². The van der Waals surface area contributed by atoms with Gasteiger partial charge in [0.15, 0.2) is 0 Å². The summed E-state index contributed by atoms with van der Waals surface area (Å²) in [5.74, 6) is -0.925. The Hall–Kier alpha value is -3.40. The normalized spacial score (nSPS) is 18.8. The SMILES string of the molecule is C=CCN(CC=C)C(=O)CN1C(=O)N[C@@](C)(c2cccc(C#N)c2)C1=O. The fraction of sp³-hybridized carbons (Fsp3) is 0.263. The first-order valence-electron chi connectivity index (χ1n) is 8.01. The Morgan fingerprint density at radius 3 is 2.58 bits per heavy atom. The minimum absolute atomic E-state index is 0.288. The van der Waals surface area contributed by atoms with Gasteiger partial charge < -0.3 is 10.2 Å². The van der Waals surface area contributed by atoms with Gasteiger partial charge in [0.25, 0.3) is 5.91 Å². The molecule has 0 aliphatic carbocycles. The van der Waals surface area contributed by atoms with Gasteiger partial charge in [0.2, 0.25) is 5.91 Å². The van der Waals surface area contributed by atoms with Gasteiger partial charge in [-0.3, -0.25) is 14.5 Å². The van der Waals surface area contributed by atoms with Crippen LogP contribution in [-0.4, -0.2) is 47.3 Å². The van der Waals surface area contributed by atoms with Gasteiger partial charge in [-0.2, -0.15) is 5.26 Å². The fourth-order valence-electron chi connectivity index (χ4n) is 2.76. The van der Waals surface area contributed by atoms with Gasteiger partial charge in [-0.15, -0.1) is 13.2 Å². The van der Waals surface area contributed by atoms with Crippen LogP contribution in [0.3, 0.4) is 0 Å². The molecule has 4 amide bonds. The Bertz CT molecular complexity index is 801. The van der Waals surface area contributed by atoms with E-state index < -0.39 is 17.5 Å². The molecule has 0 radical (unpaired) electrons. The number of urea groups is 1. The Labute approximate surface area is 152 Å². The van der Waals surface area contributed by atoms with Crippen molar-refractivity contribution in [1.82, 2.24) is 15.1 Å². The van der Waals surface area contributed by atoms with Crippen LogP contribution in [0.4, 0.5) is 4.79 Å². The number of carbonyl (C=O) groups is 3. The van der Waals surface area contributed by atoms with E-state index in [2.05, 4.69) is 18.5 Å². The molecule has 1 N–H and O–H groups in total. The lowest BCUT2D eigenvalue weighted by atomic mass is 9.91. The summed E-state index contributed by atoms with van der Waals surface area (Å²) in [6.45, 7) is 8.94. The third-order valence-electron chi connectivity index (χ3n) is 4.19. The molecule has 1 aliphatic rings. The van der Waals surface area contributed by atoms with Crippen LogP contribution in [0.15, 0.2) is 49.6 Å². The van der Waals surface area contributed by atoms with E-state index in [9.17, 15) is 14.4 Å². The molecular formula is C19H20N4O3. The fourth-order valence-corrected chi connectivity index (χ4v) is 2.76. The summed E-state index contributed by atoms with van der Waals surface area (Å²) in [6, 6.07) is 7.81. The summed E-state index contributed by atoms with van der Waals surface area (Å²) in [5.41, 5.74) is -0.464. The van der Waals surface area contributed by atoms with Gasteiger partial charge in [-0.25, -0.2) is 4.79 Å². The second kappa shape index (κ2) is 7.66. The molecule has 0 unspecified atom stereocenters. The Morgan fingerprint density at radius 1 is 1.35 bits per heavy atom. The van der Waals surface area contributed by atoms with E-state index in [1.54, 1.807) is 43.3 Å². The lowest BCUT2D eigenvalue weighted by molar-refractivity contribution is -0.138. The zero-order valence-corrected chi connectivity index (χ0v) is 14.6. The van der Waals surface area contributed by atoms with Crippen LogP contribution in [0.25, 0.3) is 0 Å². The van der Waals surface area contributed by atoms with Crippen molar-refractivity contribution in [3.05, 3.63) is 60.7 Å². The van der Waals surface area contributed by atoms with E-state index in [-0.39, 0.29) is 25.5 Å². The average molecular weight is 352 g/mol. The summed E-state index contributed by atoms with van der Waals surface area (Å²) in [4.78, 5) is 39.9. The number of carbonyl (C=O) groups excluding carboxylic acids is 3. The molecule has 1 atom stereocenters. The lowest BCUT2D eigenvalue weighted by Crippen LogP contribution is -2.44. The number of amides is 4. The van der Waals surface area contributed by atoms with E-state index in [1.807, 2.05) is 6.07 Å². The number of imide groups is 1. The van der Waals surface area contributed by atoms with Crippen molar-refractivity contribution in [2.75, 3.05) is 19.6 Å². The van der Waals surface area contributed by atoms with Crippen LogP contribution in [0.5, 0.6) is 0 Å². The molecule has 7 heteroatoms. The zero-order valence-electron chi connectivity index (χ0n) is 14.6. The quantitative estimate of drug-likeness (QED) is 0.595. The zero-order chi connectivity index (χ0) is 19.3. The minimum Gasteiger partial charge on any atom is -0.334 e. The molecule has 1 aromatic rings. The molecule has 0 aromatic heterocycles. The summed E-state index contributed by atoms with van der Waals surface area (Å²) < 4.78 is 0. The van der Waals surface area contributed by atoms with E-state index in [1.165, 1.54) is 4.90 Å². The molecule has 1 aliphatic heterocycles. The summed E-state index contributed by atoms with van der Waals surface area (Å²) in [7, 11) is 0. The smallest absolute Gasteiger partial charge is 0.325 e. The van der Waals surface area contributed by atoms with Crippen molar-refractivity contribution in [2.45, 2.75) is 12.5 Å². The molecule has 0 spiro atoms. The largest absolute Gasteiger partial charge is 0.334 e. The molecule has 1 fully saturated rings. The van der Waals surface area contributed by atoms with Crippen LogP contribution in [0.1, 0.15) is 18.1 Å². The summed E-state index contributed by atoms with van der Waals surface area (Å²) >= 11 is 0. The number of nitrogens with one attached hydrogen (secondary N) is 1. The second-order valence-electron chi connectivity index (χ2n) is 6.02. The molecule has 1 heterocycles. The monoisotopic (exact) mass is 352 g/mol. The molecule has 2 rings (SSSR count). The van der Waals surface area contributed by atoms with E-state index in [4.69, 9.17) is 5.26 Å². The minimum atomic E-state index is -1.33. The molecule has 0 saturated carbocycles. The van der Waals surface area contributed by atoms with Crippen molar-refractivity contribution in [3.63, 3.8) is 0 Å². The lowest BCUT2D eigenvalue weighted by Gasteiger charge is -2.24. The van der Waals surface area contributed by atoms with Gasteiger partial charge in [-0.05, 0) is 24.6 Å². The molecule has 0 bridgehead atoms. The number of hydrogen-bond acceptors (Lipinski definition) is 4. The molecule has 134 valence electrons. The number of nitrogens with zero attached hydrogens (tertiary/aromatic N) is 3.